The first kappa shape index (κ1) is 16.6. The van der Waals surface area contributed by atoms with Gasteiger partial charge in [-0.3, -0.25) is 4.79 Å². The molecule has 1 saturated heterocycles. The van der Waals surface area contributed by atoms with Crippen LogP contribution >= 0.6 is 11.8 Å². The molecule has 24 heavy (non-hydrogen) atoms. The highest BCUT2D eigenvalue weighted by atomic mass is 32.2. The third kappa shape index (κ3) is 3.03. The van der Waals surface area contributed by atoms with Crippen LogP contribution in [0.1, 0.15) is 28.2 Å². The summed E-state index contributed by atoms with van der Waals surface area (Å²) in [6.45, 7) is 3.87. The van der Waals surface area contributed by atoms with E-state index in [-0.39, 0.29) is 5.69 Å². The highest BCUT2D eigenvalue weighted by Crippen LogP contribution is 2.28. The number of rotatable bonds is 4. The number of carbonyl (C=O) groups excluding carboxylic acids is 1. The highest BCUT2D eigenvalue weighted by molar-refractivity contribution is 7.99. The second-order valence-electron chi connectivity index (χ2n) is 6.06. The maximum absolute atomic E-state index is 12.5. The number of carboxylic acid groups (broad SMARTS) is 1. The van der Waals surface area contributed by atoms with Crippen molar-refractivity contribution in [2.75, 3.05) is 11.5 Å². The van der Waals surface area contributed by atoms with Crippen LogP contribution in [-0.2, 0) is 4.79 Å². The summed E-state index contributed by atoms with van der Waals surface area (Å²) in [7, 11) is 0. The summed E-state index contributed by atoms with van der Waals surface area (Å²) in [4.78, 5) is 24.1. The zero-order valence-electron chi connectivity index (χ0n) is 13.6. The van der Waals surface area contributed by atoms with E-state index in [9.17, 15) is 14.7 Å². The predicted molar refractivity (Wildman–Crippen MR) is 92.8 cm³/mol. The summed E-state index contributed by atoms with van der Waals surface area (Å²) in [5.41, 5.74) is 1.86. The lowest BCUT2D eigenvalue weighted by Gasteiger charge is -2.23. The quantitative estimate of drug-likeness (QED) is 0.887. The maximum Gasteiger partial charge on any atom is 0.330 e. The molecule has 0 aliphatic carbocycles. The van der Waals surface area contributed by atoms with Crippen molar-refractivity contribution in [1.82, 2.24) is 15.1 Å². The molecule has 0 bridgehead atoms. The minimum atomic E-state index is -1.19. The predicted octanol–water partition coefficient (Wildman–Crippen LogP) is 2.18. The number of carbonyl (C=O) groups is 2. The van der Waals surface area contributed by atoms with Crippen LogP contribution in [-0.4, -0.2) is 43.8 Å². The number of hydrogen-bond donors (Lipinski definition) is 2. The SMILES string of the molecule is Cc1ccc(-n2nc(C(=O)NC3(C(=O)O)CCSC3)cc2C)cc1. The minimum absolute atomic E-state index is 0.227. The van der Waals surface area contributed by atoms with Crippen LogP contribution in [0.3, 0.4) is 0 Å². The molecule has 1 aliphatic heterocycles. The zero-order valence-corrected chi connectivity index (χ0v) is 14.4. The molecule has 1 atom stereocenters. The third-order valence-electron chi connectivity index (χ3n) is 4.18. The summed E-state index contributed by atoms with van der Waals surface area (Å²) >= 11 is 1.53. The average Bonchev–Trinajstić information content (AvgIpc) is 3.16. The van der Waals surface area contributed by atoms with Crippen LogP contribution in [0.15, 0.2) is 30.3 Å². The number of nitrogens with zero attached hydrogens (tertiary/aromatic N) is 2. The number of carboxylic acids is 1. The minimum Gasteiger partial charge on any atom is -0.479 e. The Labute approximate surface area is 144 Å². The number of nitrogens with one attached hydrogen (secondary N) is 1. The number of amides is 1. The van der Waals surface area contributed by atoms with E-state index in [1.165, 1.54) is 11.8 Å². The highest BCUT2D eigenvalue weighted by Gasteiger charge is 2.43. The van der Waals surface area contributed by atoms with Crippen LogP contribution in [0, 0.1) is 13.8 Å². The van der Waals surface area contributed by atoms with Gasteiger partial charge in [0.15, 0.2) is 5.69 Å². The fourth-order valence-electron chi connectivity index (χ4n) is 2.70. The van der Waals surface area contributed by atoms with E-state index in [1.54, 1.807) is 10.7 Å². The summed E-state index contributed by atoms with van der Waals surface area (Å²) in [6.07, 6.45) is 0.427. The Bertz CT molecular complexity index is 777. The number of aryl methyl sites for hydroxylation is 2. The summed E-state index contributed by atoms with van der Waals surface area (Å²) in [5.74, 6) is -0.334. The molecule has 0 saturated carbocycles. The Balaban J connectivity index is 1.85. The van der Waals surface area contributed by atoms with Crippen LogP contribution in [0.5, 0.6) is 0 Å². The first-order valence-electron chi connectivity index (χ1n) is 7.69. The molecule has 7 heteroatoms. The van der Waals surface area contributed by atoms with Gasteiger partial charge in [0.05, 0.1) is 5.69 Å². The van der Waals surface area contributed by atoms with E-state index >= 15 is 0 Å². The van der Waals surface area contributed by atoms with Gasteiger partial charge < -0.3 is 10.4 Å². The largest absolute Gasteiger partial charge is 0.479 e. The van der Waals surface area contributed by atoms with Gasteiger partial charge in [-0.25, -0.2) is 9.48 Å². The van der Waals surface area contributed by atoms with E-state index in [0.29, 0.717) is 12.2 Å². The smallest absolute Gasteiger partial charge is 0.330 e. The maximum atomic E-state index is 12.5. The molecule has 1 aromatic carbocycles. The molecule has 0 radical (unpaired) electrons. The van der Waals surface area contributed by atoms with Crippen LogP contribution in [0.2, 0.25) is 0 Å². The van der Waals surface area contributed by atoms with E-state index < -0.39 is 17.4 Å². The molecule has 6 nitrogen and oxygen atoms in total. The molecule has 1 aliphatic rings. The monoisotopic (exact) mass is 345 g/mol. The lowest BCUT2D eigenvalue weighted by Crippen LogP contribution is -2.54. The second kappa shape index (κ2) is 6.32. The first-order valence-corrected chi connectivity index (χ1v) is 8.84. The molecular formula is C17H19N3O3S. The van der Waals surface area contributed by atoms with Crippen molar-refractivity contribution in [3.63, 3.8) is 0 Å². The van der Waals surface area contributed by atoms with Crippen molar-refractivity contribution in [3.8, 4) is 5.69 Å². The molecule has 126 valence electrons. The fourth-order valence-corrected chi connectivity index (χ4v) is 4.03. The van der Waals surface area contributed by atoms with Gasteiger partial charge >= 0.3 is 5.97 Å². The van der Waals surface area contributed by atoms with Crippen molar-refractivity contribution >= 4 is 23.6 Å². The fraction of sp³-hybridized carbons (Fsp3) is 0.353. The Morgan fingerprint density at radius 1 is 1.29 bits per heavy atom. The van der Waals surface area contributed by atoms with E-state index in [0.717, 1.165) is 22.7 Å². The Kier molecular flexibility index (Phi) is 4.36. The Hall–Kier alpha value is -2.28. The molecule has 1 unspecified atom stereocenters. The van der Waals surface area contributed by atoms with Gasteiger partial charge in [-0.15, -0.1) is 0 Å². The number of hydrogen-bond acceptors (Lipinski definition) is 4. The molecule has 1 aromatic heterocycles. The van der Waals surface area contributed by atoms with Gasteiger partial charge in [0.25, 0.3) is 5.91 Å². The molecular weight excluding hydrogens is 326 g/mol. The Morgan fingerprint density at radius 2 is 2.00 bits per heavy atom. The Morgan fingerprint density at radius 3 is 2.58 bits per heavy atom. The average molecular weight is 345 g/mol. The van der Waals surface area contributed by atoms with Gasteiger partial charge in [-0.1, -0.05) is 17.7 Å². The number of benzene rings is 1. The summed E-state index contributed by atoms with van der Waals surface area (Å²) in [5, 5.41) is 16.5. The summed E-state index contributed by atoms with van der Waals surface area (Å²) in [6, 6.07) is 9.50. The second-order valence-corrected chi connectivity index (χ2v) is 7.17. The molecule has 0 spiro atoms. The molecule has 2 heterocycles. The van der Waals surface area contributed by atoms with Gasteiger partial charge in [0, 0.05) is 11.4 Å². The van der Waals surface area contributed by atoms with Crippen molar-refractivity contribution in [3.05, 3.63) is 47.3 Å². The molecule has 1 fully saturated rings. The van der Waals surface area contributed by atoms with Crippen LogP contribution in [0.4, 0.5) is 0 Å². The zero-order chi connectivity index (χ0) is 17.3. The number of aromatic nitrogens is 2. The van der Waals surface area contributed by atoms with Gasteiger partial charge in [-0.05, 0) is 44.2 Å². The van der Waals surface area contributed by atoms with Crippen molar-refractivity contribution in [2.24, 2.45) is 0 Å². The van der Waals surface area contributed by atoms with Crippen LogP contribution < -0.4 is 5.32 Å². The lowest BCUT2D eigenvalue weighted by molar-refractivity contribution is -0.143. The van der Waals surface area contributed by atoms with Gasteiger partial charge in [0.1, 0.15) is 5.54 Å². The normalized spacial score (nSPS) is 20.1. The van der Waals surface area contributed by atoms with Gasteiger partial charge in [0.2, 0.25) is 0 Å². The molecule has 3 rings (SSSR count). The van der Waals surface area contributed by atoms with Gasteiger partial charge in [-0.2, -0.15) is 16.9 Å². The topological polar surface area (TPSA) is 84.2 Å². The van der Waals surface area contributed by atoms with Crippen LogP contribution in [0.25, 0.3) is 5.69 Å². The third-order valence-corrected chi connectivity index (χ3v) is 5.37. The summed E-state index contributed by atoms with van der Waals surface area (Å²) < 4.78 is 1.69. The molecule has 2 N–H and O–H groups in total. The standard InChI is InChI=1S/C17H19N3O3S/c1-11-3-5-13(6-4-11)20-12(2)9-14(19-20)15(21)18-17(16(22)23)7-8-24-10-17/h3-6,9H,7-8,10H2,1-2H3,(H,18,21)(H,22,23). The number of thioether (sulfide) groups is 1. The first-order chi connectivity index (χ1) is 11.4. The van der Waals surface area contributed by atoms with Crippen molar-refractivity contribution in [1.29, 1.82) is 0 Å². The molecule has 1 amide bonds. The van der Waals surface area contributed by atoms with E-state index in [2.05, 4.69) is 10.4 Å². The van der Waals surface area contributed by atoms with E-state index in [4.69, 9.17) is 0 Å². The van der Waals surface area contributed by atoms with Crippen molar-refractivity contribution < 1.29 is 14.7 Å². The number of aliphatic carboxylic acids is 1. The molecule has 2 aromatic rings. The van der Waals surface area contributed by atoms with Crippen molar-refractivity contribution in [2.45, 2.75) is 25.8 Å². The lowest BCUT2D eigenvalue weighted by atomic mass is 9.99. The van der Waals surface area contributed by atoms with E-state index in [1.807, 2.05) is 38.1 Å².